The molecule has 0 bridgehead atoms. The molecule has 2 amide bonds. The number of nitrogens with one attached hydrogen (secondary N) is 1. The first-order valence-corrected chi connectivity index (χ1v) is 9.37. The minimum absolute atomic E-state index is 0. The van der Waals surface area contributed by atoms with Crippen LogP contribution in [0.25, 0.3) is 0 Å². The lowest BCUT2D eigenvalue weighted by Crippen LogP contribution is -2.33. The molecule has 1 heterocycles. The van der Waals surface area contributed by atoms with Gasteiger partial charge >= 0.3 is 0 Å². The molecular formula is C22H27ClFN3O2. The Morgan fingerprint density at radius 3 is 2.38 bits per heavy atom. The smallest absolute Gasteiger partial charge is 0.256 e. The third-order valence-corrected chi connectivity index (χ3v) is 5.02. The highest BCUT2D eigenvalue weighted by atomic mass is 35.5. The molecule has 0 radical (unpaired) electrons. The second kappa shape index (κ2) is 8.93. The Labute approximate surface area is 176 Å². The van der Waals surface area contributed by atoms with E-state index >= 15 is 0 Å². The molecule has 1 aliphatic heterocycles. The van der Waals surface area contributed by atoms with Crippen LogP contribution in [0.3, 0.4) is 0 Å². The van der Waals surface area contributed by atoms with Gasteiger partial charge in [-0.25, -0.2) is 4.39 Å². The Morgan fingerprint density at radius 1 is 1.10 bits per heavy atom. The SMILES string of the molecule is CC(C)(C)C(=O)Nc1ccc(F)c(C(=O)N2C[C@@H](N)[C@H](c3ccccc3)C2)c1.Cl. The number of nitrogens with zero attached hydrogens (tertiary/aromatic N) is 1. The van der Waals surface area contributed by atoms with Crippen molar-refractivity contribution in [3.8, 4) is 0 Å². The van der Waals surface area contributed by atoms with E-state index in [1.54, 1.807) is 25.7 Å². The number of hydrogen-bond acceptors (Lipinski definition) is 3. The third kappa shape index (κ3) is 5.14. The van der Waals surface area contributed by atoms with Crippen molar-refractivity contribution >= 4 is 29.9 Å². The van der Waals surface area contributed by atoms with Crippen LogP contribution in [-0.4, -0.2) is 35.8 Å². The lowest BCUT2D eigenvalue weighted by molar-refractivity contribution is -0.123. The fourth-order valence-corrected chi connectivity index (χ4v) is 3.30. The van der Waals surface area contributed by atoms with Gasteiger partial charge < -0.3 is 16.0 Å². The molecule has 2 atom stereocenters. The normalized spacial score (nSPS) is 18.9. The summed E-state index contributed by atoms with van der Waals surface area (Å²) >= 11 is 0. The van der Waals surface area contributed by atoms with E-state index in [2.05, 4.69) is 5.32 Å². The van der Waals surface area contributed by atoms with Crippen molar-refractivity contribution in [2.24, 2.45) is 11.1 Å². The van der Waals surface area contributed by atoms with Gasteiger partial charge in [0.05, 0.1) is 5.56 Å². The molecule has 0 aliphatic carbocycles. The third-order valence-electron chi connectivity index (χ3n) is 5.02. The van der Waals surface area contributed by atoms with Gasteiger partial charge in [0.2, 0.25) is 5.91 Å². The number of hydrogen-bond donors (Lipinski definition) is 2. The molecule has 0 aromatic heterocycles. The second-order valence-corrected chi connectivity index (χ2v) is 8.29. The predicted molar refractivity (Wildman–Crippen MR) is 115 cm³/mol. The van der Waals surface area contributed by atoms with Crippen molar-refractivity contribution in [2.45, 2.75) is 32.7 Å². The number of carbonyl (C=O) groups is 2. The first kappa shape index (κ1) is 22.8. The summed E-state index contributed by atoms with van der Waals surface area (Å²) in [6.45, 7) is 6.15. The standard InChI is InChI=1S/C22H26FN3O2.ClH/c1-22(2,3)21(28)25-15-9-10-18(23)16(11-15)20(27)26-12-17(19(24)13-26)14-7-5-4-6-8-14;/h4-11,17,19H,12-13,24H2,1-3H3,(H,25,28);1H/t17-,19+;/m0./s1. The van der Waals surface area contributed by atoms with Crippen LogP contribution in [0.5, 0.6) is 0 Å². The summed E-state index contributed by atoms with van der Waals surface area (Å²) in [6, 6.07) is 13.6. The van der Waals surface area contributed by atoms with E-state index in [4.69, 9.17) is 5.73 Å². The van der Waals surface area contributed by atoms with E-state index in [1.807, 2.05) is 30.3 Å². The molecule has 0 spiro atoms. The fraction of sp³-hybridized carbons (Fsp3) is 0.364. The Morgan fingerprint density at radius 2 is 1.76 bits per heavy atom. The number of benzene rings is 2. The Kier molecular flexibility index (Phi) is 7.03. The number of amides is 2. The lowest BCUT2D eigenvalue weighted by atomic mass is 9.95. The topological polar surface area (TPSA) is 75.4 Å². The highest BCUT2D eigenvalue weighted by Crippen LogP contribution is 2.28. The average Bonchev–Trinajstić information content (AvgIpc) is 3.04. The van der Waals surface area contributed by atoms with Gasteiger partial charge in [-0.3, -0.25) is 9.59 Å². The highest BCUT2D eigenvalue weighted by Gasteiger charge is 2.35. The second-order valence-electron chi connectivity index (χ2n) is 8.29. The molecule has 1 fully saturated rings. The summed E-state index contributed by atoms with van der Waals surface area (Å²) < 4.78 is 14.4. The molecule has 7 heteroatoms. The van der Waals surface area contributed by atoms with E-state index < -0.39 is 17.1 Å². The maximum atomic E-state index is 14.4. The fourth-order valence-electron chi connectivity index (χ4n) is 3.30. The minimum atomic E-state index is -0.615. The molecule has 2 aromatic rings. The zero-order valence-electron chi connectivity index (χ0n) is 16.8. The monoisotopic (exact) mass is 419 g/mol. The molecule has 29 heavy (non-hydrogen) atoms. The van der Waals surface area contributed by atoms with Crippen molar-refractivity contribution in [3.05, 3.63) is 65.5 Å². The maximum absolute atomic E-state index is 14.4. The first-order chi connectivity index (χ1) is 13.2. The van der Waals surface area contributed by atoms with Crippen molar-refractivity contribution in [2.75, 3.05) is 18.4 Å². The molecule has 3 N–H and O–H groups in total. The van der Waals surface area contributed by atoms with Gasteiger partial charge in [-0.05, 0) is 23.8 Å². The van der Waals surface area contributed by atoms with Crippen molar-refractivity contribution in [3.63, 3.8) is 0 Å². The lowest BCUT2D eigenvalue weighted by Gasteiger charge is -2.20. The number of anilines is 1. The van der Waals surface area contributed by atoms with E-state index in [9.17, 15) is 14.0 Å². The summed E-state index contributed by atoms with van der Waals surface area (Å²) in [6.07, 6.45) is 0. The Hall–Kier alpha value is -2.44. The Bertz CT molecular complexity index is 883. The molecule has 3 rings (SSSR count). The highest BCUT2D eigenvalue weighted by molar-refractivity contribution is 5.98. The van der Waals surface area contributed by atoms with Crippen molar-refractivity contribution in [1.29, 1.82) is 0 Å². The number of halogens is 2. The molecule has 1 saturated heterocycles. The summed E-state index contributed by atoms with van der Waals surface area (Å²) in [5.41, 5.74) is 7.06. The summed E-state index contributed by atoms with van der Waals surface area (Å²) in [5.74, 6) is -1.23. The number of likely N-dealkylation sites (tertiary alicyclic amines) is 1. The minimum Gasteiger partial charge on any atom is -0.336 e. The maximum Gasteiger partial charge on any atom is 0.256 e. The number of rotatable bonds is 3. The quantitative estimate of drug-likeness (QED) is 0.794. The van der Waals surface area contributed by atoms with Crippen LogP contribution in [0.15, 0.2) is 48.5 Å². The largest absolute Gasteiger partial charge is 0.336 e. The predicted octanol–water partition coefficient (Wildman–Crippen LogP) is 3.80. The molecule has 2 aromatic carbocycles. The summed E-state index contributed by atoms with van der Waals surface area (Å²) in [4.78, 5) is 26.7. The summed E-state index contributed by atoms with van der Waals surface area (Å²) in [5, 5.41) is 2.74. The molecule has 156 valence electrons. The van der Waals surface area contributed by atoms with Crippen molar-refractivity contribution < 1.29 is 14.0 Å². The van der Waals surface area contributed by atoms with Crippen LogP contribution in [0.4, 0.5) is 10.1 Å². The molecule has 5 nitrogen and oxygen atoms in total. The van der Waals surface area contributed by atoms with E-state index in [0.29, 0.717) is 18.8 Å². The van der Waals surface area contributed by atoms with Crippen LogP contribution < -0.4 is 11.1 Å². The van der Waals surface area contributed by atoms with E-state index in [-0.39, 0.29) is 35.8 Å². The van der Waals surface area contributed by atoms with Gasteiger partial charge in [0.1, 0.15) is 5.82 Å². The number of carbonyl (C=O) groups excluding carboxylic acids is 2. The molecule has 0 saturated carbocycles. The van der Waals surface area contributed by atoms with Gasteiger partial charge in [0.25, 0.3) is 5.91 Å². The number of nitrogens with two attached hydrogens (primary N) is 1. The van der Waals surface area contributed by atoms with Gasteiger partial charge in [-0.2, -0.15) is 0 Å². The van der Waals surface area contributed by atoms with Crippen LogP contribution >= 0.6 is 12.4 Å². The molecule has 0 unspecified atom stereocenters. The van der Waals surface area contributed by atoms with Gasteiger partial charge in [-0.1, -0.05) is 51.1 Å². The molecular weight excluding hydrogens is 393 g/mol. The average molecular weight is 420 g/mol. The molecule has 1 aliphatic rings. The van der Waals surface area contributed by atoms with Gasteiger partial charge in [0, 0.05) is 36.2 Å². The van der Waals surface area contributed by atoms with Gasteiger partial charge in [0.15, 0.2) is 0 Å². The van der Waals surface area contributed by atoms with E-state index in [1.165, 1.54) is 18.2 Å². The van der Waals surface area contributed by atoms with E-state index in [0.717, 1.165) is 5.56 Å². The Balaban J connectivity index is 0.00000300. The van der Waals surface area contributed by atoms with Crippen molar-refractivity contribution in [1.82, 2.24) is 4.90 Å². The van der Waals surface area contributed by atoms with Crippen LogP contribution in [0.1, 0.15) is 42.6 Å². The van der Waals surface area contributed by atoms with Crippen LogP contribution in [-0.2, 0) is 4.79 Å². The van der Waals surface area contributed by atoms with Crippen LogP contribution in [0, 0.1) is 11.2 Å². The first-order valence-electron chi connectivity index (χ1n) is 9.37. The van der Waals surface area contributed by atoms with Gasteiger partial charge in [-0.15, -0.1) is 12.4 Å². The zero-order valence-corrected chi connectivity index (χ0v) is 17.6. The van der Waals surface area contributed by atoms with Crippen LogP contribution in [0.2, 0.25) is 0 Å². The zero-order chi connectivity index (χ0) is 20.5. The summed E-state index contributed by atoms with van der Waals surface area (Å²) in [7, 11) is 0.